The number of carbonyl (C=O) groups is 2. The third-order valence-electron chi connectivity index (χ3n) is 4.28. The van der Waals surface area contributed by atoms with E-state index in [0.29, 0.717) is 12.8 Å². The highest BCUT2D eigenvalue weighted by atomic mass is 16.4. The molecule has 0 saturated carbocycles. The van der Waals surface area contributed by atoms with E-state index in [1.54, 1.807) is 0 Å². The maximum absolute atomic E-state index is 12.4. The SMILES string of the molecule is O=C(O)CCCN1CCCN(C(=O)CCc2ccccc2)CC1. The minimum Gasteiger partial charge on any atom is -0.481 e. The zero-order valence-electron chi connectivity index (χ0n) is 13.6. The highest BCUT2D eigenvalue weighted by Gasteiger charge is 2.18. The molecule has 2 rings (SSSR count). The predicted octanol–water partition coefficient (Wildman–Crippen LogP) is 2.02. The molecular formula is C18H26N2O3. The number of hydrogen-bond acceptors (Lipinski definition) is 3. The van der Waals surface area contributed by atoms with E-state index in [1.165, 1.54) is 5.56 Å². The molecule has 1 heterocycles. The van der Waals surface area contributed by atoms with Gasteiger partial charge in [0, 0.05) is 32.5 Å². The van der Waals surface area contributed by atoms with Crippen molar-refractivity contribution in [3.8, 4) is 0 Å². The van der Waals surface area contributed by atoms with Gasteiger partial charge in [0.15, 0.2) is 0 Å². The van der Waals surface area contributed by atoms with Crippen molar-refractivity contribution in [3.05, 3.63) is 35.9 Å². The average molecular weight is 318 g/mol. The molecule has 1 amide bonds. The van der Waals surface area contributed by atoms with Crippen LogP contribution < -0.4 is 0 Å². The molecule has 1 saturated heterocycles. The summed E-state index contributed by atoms with van der Waals surface area (Å²) in [6.45, 7) is 4.15. The Morgan fingerprint density at radius 2 is 1.78 bits per heavy atom. The van der Waals surface area contributed by atoms with Gasteiger partial charge in [0.25, 0.3) is 0 Å². The van der Waals surface area contributed by atoms with Crippen molar-refractivity contribution in [2.24, 2.45) is 0 Å². The molecule has 0 spiro atoms. The number of hydrogen-bond donors (Lipinski definition) is 1. The number of carboxylic acids is 1. The standard InChI is InChI=1S/C18H26N2O3/c21-17(10-9-16-6-2-1-3-7-16)20-13-5-12-19(14-15-20)11-4-8-18(22)23/h1-3,6-7H,4-5,8-15H2,(H,22,23). The van der Waals surface area contributed by atoms with Crippen LogP contribution in [0.15, 0.2) is 30.3 Å². The summed E-state index contributed by atoms with van der Waals surface area (Å²) < 4.78 is 0. The van der Waals surface area contributed by atoms with Gasteiger partial charge in [0.05, 0.1) is 0 Å². The van der Waals surface area contributed by atoms with Gasteiger partial charge in [0.1, 0.15) is 0 Å². The second kappa shape index (κ2) is 9.30. The summed E-state index contributed by atoms with van der Waals surface area (Å²) in [5.41, 5.74) is 1.20. The Bertz CT molecular complexity index is 504. The van der Waals surface area contributed by atoms with E-state index in [0.717, 1.165) is 45.6 Å². The summed E-state index contributed by atoms with van der Waals surface area (Å²) in [5.74, 6) is -0.515. The first-order chi connectivity index (χ1) is 11.1. The second-order valence-electron chi connectivity index (χ2n) is 6.06. The molecule has 0 radical (unpaired) electrons. The number of carboxylic acid groups (broad SMARTS) is 1. The van der Waals surface area contributed by atoms with Gasteiger partial charge in [-0.15, -0.1) is 0 Å². The lowest BCUT2D eigenvalue weighted by molar-refractivity contribution is -0.137. The van der Waals surface area contributed by atoms with Gasteiger partial charge in [-0.1, -0.05) is 30.3 Å². The molecule has 0 bridgehead atoms. The van der Waals surface area contributed by atoms with Crippen LogP contribution in [0.4, 0.5) is 0 Å². The lowest BCUT2D eigenvalue weighted by Gasteiger charge is -2.22. The fourth-order valence-corrected chi connectivity index (χ4v) is 2.95. The van der Waals surface area contributed by atoms with Crippen molar-refractivity contribution in [1.82, 2.24) is 9.80 Å². The Morgan fingerprint density at radius 1 is 1.00 bits per heavy atom. The van der Waals surface area contributed by atoms with Crippen LogP contribution in [0.1, 0.15) is 31.2 Å². The number of nitrogens with zero attached hydrogens (tertiary/aromatic N) is 2. The molecule has 5 nitrogen and oxygen atoms in total. The molecule has 1 aromatic carbocycles. The van der Waals surface area contributed by atoms with Crippen LogP contribution in [0.2, 0.25) is 0 Å². The summed E-state index contributed by atoms with van der Waals surface area (Å²) in [7, 11) is 0. The van der Waals surface area contributed by atoms with Crippen molar-refractivity contribution in [2.75, 3.05) is 32.7 Å². The van der Waals surface area contributed by atoms with E-state index < -0.39 is 5.97 Å². The molecular weight excluding hydrogens is 292 g/mol. The molecule has 0 aliphatic carbocycles. The van der Waals surface area contributed by atoms with E-state index in [1.807, 2.05) is 23.1 Å². The van der Waals surface area contributed by atoms with Crippen LogP contribution in [0.25, 0.3) is 0 Å². The van der Waals surface area contributed by atoms with Gasteiger partial charge >= 0.3 is 5.97 Å². The summed E-state index contributed by atoms with van der Waals surface area (Å²) in [4.78, 5) is 27.2. The van der Waals surface area contributed by atoms with Gasteiger partial charge < -0.3 is 14.9 Å². The van der Waals surface area contributed by atoms with Crippen LogP contribution in [0.5, 0.6) is 0 Å². The molecule has 0 atom stereocenters. The van der Waals surface area contributed by atoms with E-state index in [2.05, 4.69) is 17.0 Å². The van der Waals surface area contributed by atoms with Crippen LogP contribution in [-0.2, 0) is 16.0 Å². The molecule has 0 aromatic heterocycles. The second-order valence-corrected chi connectivity index (χ2v) is 6.06. The van der Waals surface area contributed by atoms with Gasteiger partial charge in [-0.3, -0.25) is 9.59 Å². The molecule has 1 aromatic rings. The molecule has 5 heteroatoms. The molecule has 0 unspecified atom stereocenters. The van der Waals surface area contributed by atoms with Gasteiger partial charge in [-0.25, -0.2) is 0 Å². The molecule has 1 aliphatic heterocycles. The van der Waals surface area contributed by atoms with Crippen molar-refractivity contribution >= 4 is 11.9 Å². The fraction of sp³-hybridized carbons (Fsp3) is 0.556. The molecule has 1 aliphatic rings. The number of aliphatic carboxylic acids is 1. The van der Waals surface area contributed by atoms with Gasteiger partial charge in [-0.05, 0) is 37.9 Å². The Kier molecular flexibility index (Phi) is 7.07. The minimum atomic E-state index is -0.738. The summed E-state index contributed by atoms with van der Waals surface area (Å²) >= 11 is 0. The molecule has 1 N–H and O–H groups in total. The van der Waals surface area contributed by atoms with Crippen molar-refractivity contribution < 1.29 is 14.7 Å². The number of amides is 1. The Hall–Kier alpha value is -1.88. The first kappa shape index (κ1) is 17.5. The topological polar surface area (TPSA) is 60.9 Å². The van der Waals surface area contributed by atoms with E-state index in [-0.39, 0.29) is 12.3 Å². The lowest BCUT2D eigenvalue weighted by Crippen LogP contribution is -2.35. The molecule has 126 valence electrons. The normalized spacial score (nSPS) is 16.1. The zero-order chi connectivity index (χ0) is 16.5. The highest BCUT2D eigenvalue weighted by molar-refractivity contribution is 5.76. The molecule has 1 fully saturated rings. The molecule has 23 heavy (non-hydrogen) atoms. The van der Waals surface area contributed by atoms with E-state index in [4.69, 9.17) is 5.11 Å². The summed E-state index contributed by atoms with van der Waals surface area (Å²) in [5, 5.41) is 8.69. The van der Waals surface area contributed by atoms with Crippen LogP contribution >= 0.6 is 0 Å². The lowest BCUT2D eigenvalue weighted by atomic mass is 10.1. The average Bonchev–Trinajstić information content (AvgIpc) is 2.79. The Labute approximate surface area is 137 Å². The predicted molar refractivity (Wildman–Crippen MR) is 89.3 cm³/mol. The number of rotatable bonds is 7. The van der Waals surface area contributed by atoms with Crippen LogP contribution in [0.3, 0.4) is 0 Å². The summed E-state index contributed by atoms with van der Waals surface area (Å²) in [6, 6.07) is 10.1. The highest BCUT2D eigenvalue weighted by Crippen LogP contribution is 2.09. The van der Waals surface area contributed by atoms with E-state index >= 15 is 0 Å². The van der Waals surface area contributed by atoms with Gasteiger partial charge in [-0.2, -0.15) is 0 Å². The Balaban J connectivity index is 1.71. The fourth-order valence-electron chi connectivity index (χ4n) is 2.95. The first-order valence-corrected chi connectivity index (χ1v) is 8.41. The third kappa shape index (κ3) is 6.40. The monoisotopic (exact) mass is 318 g/mol. The van der Waals surface area contributed by atoms with Crippen LogP contribution in [-0.4, -0.2) is 59.5 Å². The third-order valence-corrected chi connectivity index (χ3v) is 4.28. The van der Waals surface area contributed by atoms with E-state index in [9.17, 15) is 9.59 Å². The minimum absolute atomic E-state index is 0.218. The first-order valence-electron chi connectivity index (χ1n) is 8.41. The maximum Gasteiger partial charge on any atom is 0.303 e. The largest absolute Gasteiger partial charge is 0.481 e. The van der Waals surface area contributed by atoms with Crippen molar-refractivity contribution in [3.63, 3.8) is 0 Å². The number of benzene rings is 1. The quantitative estimate of drug-likeness (QED) is 0.835. The zero-order valence-corrected chi connectivity index (χ0v) is 13.6. The van der Waals surface area contributed by atoms with Crippen molar-refractivity contribution in [1.29, 1.82) is 0 Å². The van der Waals surface area contributed by atoms with Crippen molar-refractivity contribution in [2.45, 2.75) is 32.1 Å². The maximum atomic E-state index is 12.4. The van der Waals surface area contributed by atoms with Crippen LogP contribution in [0, 0.1) is 0 Å². The van der Waals surface area contributed by atoms with Gasteiger partial charge in [0.2, 0.25) is 5.91 Å². The smallest absolute Gasteiger partial charge is 0.303 e. The number of carbonyl (C=O) groups excluding carboxylic acids is 1. The Morgan fingerprint density at radius 3 is 2.52 bits per heavy atom. The summed E-state index contributed by atoms with van der Waals surface area (Å²) in [6.07, 6.45) is 3.21. The number of aryl methyl sites for hydroxylation is 1.